The van der Waals surface area contributed by atoms with E-state index in [4.69, 9.17) is 11.6 Å². The Hall–Kier alpha value is -1.27. The summed E-state index contributed by atoms with van der Waals surface area (Å²) < 4.78 is 1.17. The highest BCUT2D eigenvalue weighted by molar-refractivity contribution is 14.1. The number of carbonyl (C=O) groups excluding carboxylic acids is 1. The Balaban J connectivity index is 1.95. The topological polar surface area (TPSA) is 41.1 Å². The SMILES string of the molecule is Cc1cc(I)ccc1NC1C(=O)Nc2ccc(Cl)cc21. The van der Waals surface area contributed by atoms with Crippen molar-refractivity contribution in [3.8, 4) is 0 Å². The third-order valence-corrected chi connectivity index (χ3v) is 4.24. The molecule has 20 heavy (non-hydrogen) atoms. The number of amides is 1. The highest BCUT2D eigenvalue weighted by Gasteiger charge is 2.30. The summed E-state index contributed by atoms with van der Waals surface area (Å²) in [6, 6.07) is 11.1. The van der Waals surface area contributed by atoms with E-state index in [1.165, 1.54) is 3.57 Å². The molecule has 2 N–H and O–H groups in total. The summed E-state index contributed by atoms with van der Waals surface area (Å²) in [7, 11) is 0. The molecule has 0 fully saturated rings. The van der Waals surface area contributed by atoms with E-state index in [9.17, 15) is 4.79 Å². The molecule has 0 saturated heterocycles. The molecule has 1 unspecified atom stereocenters. The first-order valence-corrected chi connectivity index (χ1v) is 7.63. The number of benzene rings is 2. The standard InChI is InChI=1S/C15H12ClIN2O/c1-8-6-10(17)3-5-12(8)18-14-11-7-9(16)2-4-13(11)19-15(14)20/h2-7,14,18H,1H3,(H,19,20). The molecule has 1 amide bonds. The largest absolute Gasteiger partial charge is 0.370 e. The van der Waals surface area contributed by atoms with Gasteiger partial charge in [-0.05, 0) is 71.5 Å². The summed E-state index contributed by atoms with van der Waals surface area (Å²) in [6.07, 6.45) is 0. The number of aryl methyl sites for hydroxylation is 1. The second-order valence-corrected chi connectivity index (χ2v) is 6.44. The van der Waals surface area contributed by atoms with Crippen LogP contribution in [0.1, 0.15) is 17.2 Å². The molecule has 2 aromatic carbocycles. The van der Waals surface area contributed by atoms with Crippen molar-refractivity contribution in [3.63, 3.8) is 0 Å². The predicted molar refractivity (Wildman–Crippen MR) is 90.3 cm³/mol. The molecule has 1 atom stereocenters. The smallest absolute Gasteiger partial charge is 0.251 e. The molecule has 102 valence electrons. The number of fused-ring (bicyclic) bond motifs is 1. The third-order valence-electron chi connectivity index (χ3n) is 3.33. The molecule has 3 rings (SSSR count). The van der Waals surface area contributed by atoms with Crippen LogP contribution in [0, 0.1) is 10.5 Å². The fourth-order valence-electron chi connectivity index (χ4n) is 2.32. The number of nitrogens with one attached hydrogen (secondary N) is 2. The Labute approximate surface area is 135 Å². The predicted octanol–water partition coefficient (Wildman–Crippen LogP) is 4.36. The summed E-state index contributed by atoms with van der Waals surface area (Å²) in [5.41, 5.74) is 3.78. The number of carbonyl (C=O) groups is 1. The average Bonchev–Trinajstić information content (AvgIpc) is 2.69. The number of hydrogen-bond acceptors (Lipinski definition) is 2. The zero-order valence-electron chi connectivity index (χ0n) is 10.7. The summed E-state index contributed by atoms with van der Waals surface area (Å²) in [5.74, 6) is -0.0554. The molecule has 3 nitrogen and oxygen atoms in total. The maximum atomic E-state index is 12.1. The van der Waals surface area contributed by atoms with Gasteiger partial charge in [-0.3, -0.25) is 4.79 Å². The van der Waals surface area contributed by atoms with Crippen molar-refractivity contribution in [2.24, 2.45) is 0 Å². The zero-order chi connectivity index (χ0) is 14.3. The van der Waals surface area contributed by atoms with E-state index >= 15 is 0 Å². The molecular formula is C15H12ClIN2O. The van der Waals surface area contributed by atoms with E-state index < -0.39 is 6.04 Å². The molecule has 1 aliphatic rings. The van der Waals surface area contributed by atoms with Gasteiger partial charge in [0.25, 0.3) is 5.91 Å². The minimum atomic E-state index is -0.400. The van der Waals surface area contributed by atoms with Crippen molar-refractivity contribution >= 4 is 51.5 Å². The second-order valence-electron chi connectivity index (χ2n) is 4.76. The molecule has 2 aromatic rings. The molecule has 0 saturated carbocycles. The molecule has 0 bridgehead atoms. The van der Waals surface area contributed by atoms with Crippen molar-refractivity contribution in [1.82, 2.24) is 0 Å². The van der Waals surface area contributed by atoms with Crippen LogP contribution in [-0.2, 0) is 4.79 Å². The first-order chi connectivity index (χ1) is 9.54. The molecule has 0 spiro atoms. The minimum absolute atomic E-state index is 0.0554. The number of hydrogen-bond donors (Lipinski definition) is 2. The van der Waals surface area contributed by atoms with Crippen molar-refractivity contribution in [3.05, 3.63) is 56.1 Å². The molecule has 1 heterocycles. The van der Waals surface area contributed by atoms with Crippen LogP contribution >= 0.6 is 34.2 Å². The van der Waals surface area contributed by atoms with E-state index in [2.05, 4.69) is 39.3 Å². The van der Waals surface area contributed by atoms with Gasteiger partial charge in [0.05, 0.1) is 0 Å². The average molecular weight is 399 g/mol. The maximum absolute atomic E-state index is 12.1. The number of rotatable bonds is 2. The molecule has 0 radical (unpaired) electrons. The first-order valence-electron chi connectivity index (χ1n) is 6.17. The van der Waals surface area contributed by atoms with Gasteiger partial charge in [0, 0.05) is 25.5 Å². The fraction of sp³-hybridized carbons (Fsp3) is 0.133. The van der Waals surface area contributed by atoms with Crippen LogP contribution in [-0.4, -0.2) is 5.91 Å². The van der Waals surface area contributed by atoms with Crippen LogP contribution in [0.25, 0.3) is 0 Å². The highest BCUT2D eigenvalue weighted by Crippen LogP contribution is 2.35. The number of anilines is 2. The Morgan fingerprint density at radius 3 is 2.80 bits per heavy atom. The van der Waals surface area contributed by atoms with Gasteiger partial charge in [-0.15, -0.1) is 0 Å². The monoisotopic (exact) mass is 398 g/mol. The highest BCUT2D eigenvalue weighted by atomic mass is 127. The lowest BCUT2D eigenvalue weighted by molar-refractivity contribution is -0.116. The van der Waals surface area contributed by atoms with Gasteiger partial charge in [0.15, 0.2) is 0 Å². The van der Waals surface area contributed by atoms with E-state index in [1.807, 2.05) is 31.2 Å². The summed E-state index contributed by atoms with van der Waals surface area (Å²) in [6.45, 7) is 2.02. The van der Waals surface area contributed by atoms with Gasteiger partial charge in [0.2, 0.25) is 0 Å². The fourth-order valence-corrected chi connectivity index (χ4v) is 3.15. The van der Waals surface area contributed by atoms with Crippen LogP contribution in [0.2, 0.25) is 5.02 Å². The lowest BCUT2D eigenvalue weighted by atomic mass is 10.1. The first kappa shape index (κ1) is 13.7. The Kier molecular flexibility index (Phi) is 3.60. The van der Waals surface area contributed by atoms with Crippen LogP contribution in [0.15, 0.2) is 36.4 Å². The minimum Gasteiger partial charge on any atom is -0.370 e. The van der Waals surface area contributed by atoms with Crippen LogP contribution in [0.4, 0.5) is 11.4 Å². The van der Waals surface area contributed by atoms with Crippen molar-refractivity contribution < 1.29 is 4.79 Å². The lowest BCUT2D eigenvalue weighted by Gasteiger charge is -2.15. The van der Waals surface area contributed by atoms with Gasteiger partial charge in [0.1, 0.15) is 6.04 Å². The Bertz CT molecular complexity index is 702. The van der Waals surface area contributed by atoms with Gasteiger partial charge >= 0.3 is 0 Å². The number of halogens is 2. The van der Waals surface area contributed by atoms with Gasteiger partial charge < -0.3 is 10.6 Å². The Morgan fingerprint density at radius 2 is 2.05 bits per heavy atom. The summed E-state index contributed by atoms with van der Waals surface area (Å²) >= 11 is 8.29. The quantitative estimate of drug-likeness (QED) is 0.738. The van der Waals surface area contributed by atoms with Crippen LogP contribution < -0.4 is 10.6 Å². The normalized spacial score (nSPS) is 16.8. The van der Waals surface area contributed by atoms with Crippen LogP contribution in [0.5, 0.6) is 0 Å². The lowest BCUT2D eigenvalue weighted by Crippen LogP contribution is -2.20. The molecular weight excluding hydrogens is 387 g/mol. The van der Waals surface area contributed by atoms with Gasteiger partial charge in [-0.2, -0.15) is 0 Å². The molecule has 0 aromatic heterocycles. The zero-order valence-corrected chi connectivity index (χ0v) is 13.6. The van der Waals surface area contributed by atoms with Crippen molar-refractivity contribution in [2.45, 2.75) is 13.0 Å². The van der Waals surface area contributed by atoms with Crippen molar-refractivity contribution in [1.29, 1.82) is 0 Å². The van der Waals surface area contributed by atoms with Crippen LogP contribution in [0.3, 0.4) is 0 Å². The summed E-state index contributed by atoms with van der Waals surface area (Å²) in [4.78, 5) is 12.1. The van der Waals surface area contributed by atoms with Gasteiger partial charge in [-0.25, -0.2) is 0 Å². The van der Waals surface area contributed by atoms with Gasteiger partial charge in [-0.1, -0.05) is 11.6 Å². The van der Waals surface area contributed by atoms with E-state index in [1.54, 1.807) is 6.07 Å². The summed E-state index contributed by atoms with van der Waals surface area (Å²) in [5, 5.41) is 6.79. The molecule has 0 aliphatic carbocycles. The van der Waals surface area contributed by atoms with Crippen molar-refractivity contribution in [2.75, 3.05) is 10.6 Å². The van der Waals surface area contributed by atoms with E-state index in [0.29, 0.717) is 5.02 Å². The second kappa shape index (κ2) is 5.26. The molecule has 5 heteroatoms. The molecule has 1 aliphatic heterocycles. The third kappa shape index (κ3) is 2.50. The maximum Gasteiger partial charge on any atom is 0.251 e. The van der Waals surface area contributed by atoms with E-state index in [0.717, 1.165) is 22.5 Å². The Morgan fingerprint density at radius 1 is 1.25 bits per heavy atom. The van der Waals surface area contributed by atoms with E-state index in [-0.39, 0.29) is 5.91 Å².